The van der Waals surface area contributed by atoms with Crippen LogP contribution in [0.5, 0.6) is 0 Å². The minimum Gasteiger partial charge on any atom is -0.381 e. The Balaban J connectivity index is 1.34. The minimum atomic E-state index is -1.55. The Morgan fingerprint density at radius 2 is 1.71 bits per heavy atom. The zero-order valence-electron chi connectivity index (χ0n) is 29.1. The molecule has 1 aromatic carbocycles. The van der Waals surface area contributed by atoms with E-state index in [1.165, 1.54) is 18.7 Å². The molecule has 0 bridgehead atoms. The molecule has 12 heteroatoms. The van der Waals surface area contributed by atoms with Gasteiger partial charge in [-0.25, -0.2) is 0 Å². The van der Waals surface area contributed by atoms with Gasteiger partial charge in [-0.05, 0) is 80.4 Å². The van der Waals surface area contributed by atoms with Crippen molar-refractivity contribution in [1.82, 2.24) is 21.3 Å². The average molecular weight is 693 g/mol. The molecule has 6 atom stereocenters. The molecule has 1 saturated carbocycles. The quantitative estimate of drug-likeness (QED) is 0.165. The van der Waals surface area contributed by atoms with E-state index in [4.69, 9.17) is 0 Å². The number of ketones is 1. The fourth-order valence-corrected chi connectivity index (χ4v) is 8.38. The summed E-state index contributed by atoms with van der Waals surface area (Å²) in [7, 11) is 0. The first-order valence-electron chi connectivity index (χ1n) is 16.7. The Morgan fingerprint density at radius 1 is 1.02 bits per heavy atom. The van der Waals surface area contributed by atoms with Gasteiger partial charge in [0.15, 0.2) is 5.78 Å². The van der Waals surface area contributed by atoms with Crippen LogP contribution in [0.15, 0.2) is 64.8 Å². The Labute approximate surface area is 292 Å². The summed E-state index contributed by atoms with van der Waals surface area (Å²) in [6.07, 6.45) is 5.69. The number of benzene rings is 1. The largest absolute Gasteiger partial charge is 0.381 e. The molecule has 3 aliphatic carbocycles. The number of thioether (sulfide) groups is 1. The summed E-state index contributed by atoms with van der Waals surface area (Å²) in [4.78, 5) is 76.2. The van der Waals surface area contributed by atoms with Crippen molar-refractivity contribution in [1.29, 1.82) is 0 Å². The Bertz CT molecular complexity index is 1580. The Kier molecular flexibility index (Phi) is 12.1. The van der Waals surface area contributed by atoms with Crippen LogP contribution in [0.3, 0.4) is 0 Å². The maximum absolute atomic E-state index is 13.5. The van der Waals surface area contributed by atoms with E-state index in [1.54, 1.807) is 6.92 Å². The first-order chi connectivity index (χ1) is 23.1. The van der Waals surface area contributed by atoms with Crippen LogP contribution in [0, 0.1) is 17.3 Å². The lowest BCUT2D eigenvalue weighted by Crippen LogP contribution is -2.55. The van der Waals surface area contributed by atoms with Gasteiger partial charge in [0.05, 0.1) is 12.6 Å². The zero-order valence-corrected chi connectivity index (χ0v) is 29.9. The topological polar surface area (TPSA) is 171 Å². The summed E-state index contributed by atoms with van der Waals surface area (Å²) in [6, 6.07) is 6.55. The summed E-state index contributed by atoms with van der Waals surface area (Å²) >= 11 is 1.44. The number of hydrogen-bond acceptors (Lipinski definition) is 8. The number of Topliss-reactive ketones (excluding diaryl/α,β-unsaturated/α-hetero) is 1. The van der Waals surface area contributed by atoms with Crippen LogP contribution in [0.1, 0.15) is 59.9 Å². The summed E-state index contributed by atoms with van der Waals surface area (Å²) in [5.41, 5.74) is 2.06. The van der Waals surface area contributed by atoms with Crippen molar-refractivity contribution in [2.45, 2.75) is 84.5 Å². The fourth-order valence-electron chi connectivity index (χ4n) is 7.09. The van der Waals surface area contributed by atoms with Gasteiger partial charge in [-0.3, -0.25) is 24.0 Å². The third-order valence-electron chi connectivity index (χ3n) is 9.64. The normalized spacial score (nSPS) is 24.3. The molecule has 5 N–H and O–H groups in total. The predicted octanol–water partition coefficient (Wildman–Crippen LogP) is 2.34. The van der Waals surface area contributed by atoms with Gasteiger partial charge in [0.25, 0.3) is 0 Å². The molecule has 1 aromatic rings. The van der Waals surface area contributed by atoms with E-state index in [0.717, 1.165) is 22.3 Å². The molecule has 0 aliphatic heterocycles. The molecule has 4 rings (SSSR count). The molecule has 4 amide bonds. The molecule has 0 radical (unpaired) electrons. The average Bonchev–Trinajstić information content (AvgIpc) is 3.66. The van der Waals surface area contributed by atoms with Crippen LogP contribution < -0.4 is 21.3 Å². The van der Waals surface area contributed by atoms with E-state index in [-0.39, 0.29) is 36.3 Å². The highest BCUT2D eigenvalue weighted by molar-refractivity contribution is 7.99. The van der Waals surface area contributed by atoms with E-state index >= 15 is 0 Å². The molecule has 0 aromatic heterocycles. The highest BCUT2D eigenvalue weighted by Crippen LogP contribution is 2.68. The SMILES string of the molecule is CC(=O)N[C@@H](CSCC1CC12C(C)=C1C=C(C)C=C1C(=O)C2(C)O)C(=O)N[C@@H](CC(C)C)C(=O)NCC(=O)N[C@@H](C=O)Cc1ccccc1. The van der Waals surface area contributed by atoms with Crippen LogP contribution in [-0.4, -0.2) is 82.6 Å². The van der Waals surface area contributed by atoms with Crippen molar-refractivity contribution in [2.24, 2.45) is 17.3 Å². The van der Waals surface area contributed by atoms with Gasteiger partial charge in [-0.2, -0.15) is 11.8 Å². The lowest BCUT2D eigenvalue weighted by molar-refractivity contribution is -0.138. The van der Waals surface area contributed by atoms with Crippen molar-refractivity contribution in [3.05, 3.63) is 70.3 Å². The number of aldehydes is 1. The van der Waals surface area contributed by atoms with Gasteiger partial charge in [-0.15, -0.1) is 0 Å². The van der Waals surface area contributed by atoms with Gasteiger partial charge < -0.3 is 31.2 Å². The second-order valence-electron chi connectivity index (χ2n) is 14.0. The highest BCUT2D eigenvalue weighted by Gasteiger charge is 2.70. The summed E-state index contributed by atoms with van der Waals surface area (Å²) in [5, 5.41) is 22.1. The maximum Gasteiger partial charge on any atom is 0.244 e. The van der Waals surface area contributed by atoms with Gasteiger partial charge in [0, 0.05) is 23.7 Å². The molecule has 1 spiro atoms. The number of nitrogens with one attached hydrogen (secondary N) is 4. The van der Waals surface area contributed by atoms with Crippen molar-refractivity contribution in [3.63, 3.8) is 0 Å². The van der Waals surface area contributed by atoms with Crippen LogP contribution in [0.25, 0.3) is 0 Å². The Hall–Kier alpha value is -4.03. The van der Waals surface area contributed by atoms with Crippen LogP contribution in [0.4, 0.5) is 0 Å². The maximum atomic E-state index is 13.5. The van der Waals surface area contributed by atoms with E-state index in [1.807, 2.05) is 70.2 Å². The van der Waals surface area contributed by atoms with E-state index in [2.05, 4.69) is 21.3 Å². The molecule has 264 valence electrons. The number of rotatable bonds is 16. The molecule has 3 unspecified atom stereocenters. The van der Waals surface area contributed by atoms with Gasteiger partial charge in [-0.1, -0.05) is 55.8 Å². The smallest absolute Gasteiger partial charge is 0.244 e. The van der Waals surface area contributed by atoms with Crippen molar-refractivity contribution in [2.75, 3.05) is 18.1 Å². The first-order valence-corrected chi connectivity index (χ1v) is 17.9. The third-order valence-corrected chi connectivity index (χ3v) is 10.8. The monoisotopic (exact) mass is 692 g/mol. The molecule has 11 nitrogen and oxygen atoms in total. The number of hydrogen-bond donors (Lipinski definition) is 5. The lowest BCUT2D eigenvalue weighted by Gasteiger charge is -2.39. The second-order valence-corrected chi connectivity index (χ2v) is 15.0. The second kappa shape index (κ2) is 15.7. The van der Waals surface area contributed by atoms with Crippen molar-refractivity contribution < 1.29 is 33.9 Å². The predicted molar refractivity (Wildman–Crippen MR) is 188 cm³/mol. The molecular formula is C37H48N4O7S. The van der Waals surface area contributed by atoms with Crippen LogP contribution >= 0.6 is 11.8 Å². The zero-order chi connectivity index (χ0) is 36.1. The number of allylic oxidation sites excluding steroid dienone is 4. The first kappa shape index (κ1) is 37.8. The van der Waals surface area contributed by atoms with E-state index < -0.39 is 52.8 Å². The number of carbonyl (C=O) groups excluding carboxylic acids is 6. The molecule has 49 heavy (non-hydrogen) atoms. The van der Waals surface area contributed by atoms with Gasteiger partial charge in [0.1, 0.15) is 24.0 Å². The number of fused-ring (bicyclic) bond motifs is 1. The third kappa shape index (κ3) is 8.59. The number of aliphatic hydroxyl groups is 1. The van der Waals surface area contributed by atoms with Crippen molar-refractivity contribution in [3.8, 4) is 0 Å². The standard InChI is InChI=1S/C37H48N4O7S/c1-21(2)12-30(34(46)38-17-32(44)40-27(18-42)15-25-10-8-7-9-11-25)41-35(47)31(39-24(5)43)20-49-19-26-16-37(26)23(4)28-13-22(3)14-29(28)33(45)36(37,6)48/h7-11,13-14,18,21,26-27,30-31,48H,12,15-17,19-20H2,1-6H3,(H,38,46)(H,39,43)(H,40,44)(H,41,47)/t26?,27-,30+,31+,36?,37?/m1/s1. The molecule has 0 saturated heterocycles. The van der Waals surface area contributed by atoms with E-state index in [9.17, 15) is 33.9 Å². The lowest BCUT2D eigenvalue weighted by atomic mass is 9.67. The summed E-state index contributed by atoms with van der Waals surface area (Å²) < 4.78 is 0. The molecule has 1 fully saturated rings. The Morgan fingerprint density at radius 3 is 2.35 bits per heavy atom. The van der Waals surface area contributed by atoms with Crippen LogP contribution in [-0.2, 0) is 35.2 Å². The molecule has 3 aliphatic rings. The summed E-state index contributed by atoms with van der Waals surface area (Å²) in [6.45, 7) is 10.2. The van der Waals surface area contributed by atoms with Gasteiger partial charge >= 0.3 is 0 Å². The van der Waals surface area contributed by atoms with E-state index in [0.29, 0.717) is 30.5 Å². The van der Waals surface area contributed by atoms with Crippen molar-refractivity contribution >= 4 is 47.5 Å². The fraction of sp³-hybridized carbons (Fsp3) is 0.514. The number of amides is 4. The summed E-state index contributed by atoms with van der Waals surface area (Å²) in [5.74, 6) is -1.54. The molecule has 0 heterocycles. The highest BCUT2D eigenvalue weighted by atomic mass is 32.2. The van der Waals surface area contributed by atoms with Crippen LogP contribution in [0.2, 0.25) is 0 Å². The molecular weight excluding hydrogens is 644 g/mol. The van der Waals surface area contributed by atoms with Gasteiger partial charge in [0.2, 0.25) is 23.6 Å². The number of carbonyl (C=O) groups is 6. The minimum absolute atomic E-state index is 0.00189.